The van der Waals surface area contributed by atoms with E-state index in [0.29, 0.717) is 46.8 Å². The van der Waals surface area contributed by atoms with E-state index in [1.165, 1.54) is 18.0 Å². The number of thioether (sulfide) groups is 1. The fourth-order valence-corrected chi connectivity index (χ4v) is 5.33. The van der Waals surface area contributed by atoms with Gasteiger partial charge in [-0.3, -0.25) is 14.5 Å². The van der Waals surface area contributed by atoms with E-state index in [9.17, 15) is 19.1 Å². The summed E-state index contributed by atoms with van der Waals surface area (Å²) < 4.78 is 24.8. The second kappa shape index (κ2) is 11.5. The van der Waals surface area contributed by atoms with Gasteiger partial charge in [0.25, 0.3) is 5.91 Å². The van der Waals surface area contributed by atoms with E-state index in [2.05, 4.69) is 20.6 Å². The molecule has 1 saturated heterocycles. The molecule has 2 aliphatic heterocycles. The molecule has 1 aromatic heterocycles. The Hall–Kier alpha value is -3.48. The van der Waals surface area contributed by atoms with Crippen LogP contribution in [-0.2, 0) is 4.79 Å². The number of fused-ring (bicyclic) bond motifs is 2. The zero-order valence-corrected chi connectivity index (χ0v) is 21.5. The Bertz CT molecular complexity index is 1340. The SMILES string of the molecule is COc1ccc2ncc(OC(CF)CN3CCC(NC(=O)c4ccc5c(c4)NC(=O)CS5)C(O)C3)nc2c1. The number of methoxy groups -OCH3 is 1. The normalized spacial score (nSPS) is 20.3. The minimum Gasteiger partial charge on any atom is -0.497 e. The van der Waals surface area contributed by atoms with Crippen LogP contribution in [0, 0.1) is 0 Å². The van der Waals surface area contributed by atoms with E-state index < -0.39 is 24.9 Å². The Morgan fingerprint density at radius 2 is 2.18 bits per heavy atom. The molecule has 3 atom stereocenters. The van der Waals surface area contributed by atoms with Crippen molar-refractivity contribution in [2.24, 2.45) is 0 Å². The van der Waals surface area contributed by atoms with E-state index >= 15 is 0 Å². The highest BCUT2D eigenvalue weighted by Gasteiger charge is 2.31. The number of likely N-dealkylation sites (tertiary alicyclic amines) is 1. The quantitative estimate of drug-likeness (QED) is 0.394. The molecule has 3 N–H and O–H groups in total. The van der Waals surface area contributed by atoms with Gasteiger partial charge in [-0.2, -0.15) is 0 Å². The number of aliphatic hydroxyl groups excluding tert-OH is 1. The van der Waals surface area contributed by atoms with Gasteiger partial charge in [-0.05, 0) is 36.8 Å². The van der Waals surface area contributed by atoms with Crippen LogP contribution in [0.25, 0.3) is 11.0 Å². The number of benzene rings is 2. The second-order valence-electron chi connectivity index (χ2n) is 9.20. The standard InChI is InChI=1S/C26H28FN5O5S/c1-36-16-3-4-18-20(9-16)30-25(11-28-18)37-17(10-27)12-32-7-6-19(22(33)13-32)31-26(35)15-2-5-23-21(8-15)29-24(34)14-38-23/h2-5,8-9,11,17,19,22,33H,6-7,10,12-14H2,1H3,(H,29,34)(H,31,35). The number of carbonyl (C=O) groups excluding carboxylic acids is 2. The van der Waals surface area contributed by atoms with Crippen LogP contribution < -0.4 is 20.1 Å². The topological polar surface area (TPSA) is 126 Å². The van der Waals surface area contributed by atoms with Crippen molar-refractivity contribution in [2.75, 3.05) is 44.5 Å². The maximum Gasteiger partial charge on any atom is 0.251 e. The van der Waals surface area contributed by atoms with Crippen LogP contribution in [0.15, 0.2) is 47.5 Å². The molecule has 12 heteroatoms. The first-order valence-corrected chi connectivity index (χ1v) is 13.2. The summed E-state index contributed by atoms with van der Waals surface area (Å²) in [6, 6.07) is 10.00. The molecule has 200 valence electrons. The number of nitrogens with one attached hydrogen (secondary N) is 2. The van der Waals surface area contributed by atoms with E-state index in [-0.39, 0.29) is 30.8 Å². The molecule has 0 radical (unpaired) electrons. The van der Waals surface area contributed by atoms with Crippen molar-refractivity contribution < 1.29 is 28.6 Å². The molecular formula is C26H28FN5O5S. The van der Waals surface area contributed by atoms with Crippen LogP contribution in [-0.4, -0.2) is 89.2 Å². The summed E-state index contributed by atoms with van der Waals surface area (Å²) in [5.74, 6) is 0.753. The molecule has 38 heavy (non-hydrogen) atoms. The highest BCUT2D eigenvalue weighted by molar-refractivity contribution is 8.00. The minimum atomic E-state index is -0.839. The molecule has 0 aliphatic carbocycles. The summed E-state index contributed by atoms with van der Waals surface area (Å²) in [4.78, 5) is 36.0. The number of ether oxygens (including phenoxy) is 2. The van der Waals surface area contributed by atoms with Crippen molar-refractivity contribution in [1.29, 1.82) is 0 Å². The minimum absolute atomic E-state index is 0.105. The predicted octanol–water partition coefficient (Wildman–Crippen LogP) is 2.26. The summed E-state index contributed by atoms with van der Waals surface area (Å²) in [5, 5.41) is 16.4. The number of nitrogens with zero attached hydrogens (tertiary/aromatic N) is 3. The molecule has 3 aromatic rings. The maximum atomic E-state index is 13.8. The number of carbonyl (C=O) groups is 2. The Kier molecular flexibility index (Phi) is 7.91. The number of hydrogen-bond donors (Lipinski definition) is 3. The largest absolute Gasteiger partial charge is 0.497 e. The summed E-state index contributed by atoms with van der Waals surface area (Å²) in [5.41, 5.74) is 2.26. The van der Waals surface area contributed by atoms with Crippen LogP contribution in [0.3, 0.4) is 0 Å². The first-order valence-electron chi connectivity index (χ1n) is 12.2. The number of hydrogen-bond acceptors (Lipinski definition) is 9. The summed E-state index contributed by atoms with van der Waals surface area (Å²) in [7, 11) is 1.56. The van der Waals surface area contributed by atoms with Gasteiger partial charge in [0.2, 0.25) is 11.8 Å². The average Bonchev–Trinajstić information content (AvgIpc) is 2.93. The number of alkyl halides is 1. The van der Waals surface area contributed by atoms with Crippen LogP contribution in [0.2, 0.25) is 0 Å². The van der Waals surface area contributed by atoms with Crippen LogP contribution >= 0.6 is 11.8 Å². The van der Waals surface area contributed by atoms with E-state index in [1.807, 2.05) is 4.90 Å². The van der Waals surface area contributed by atoms with Crippen LogP contribution in [0.1, 0.15) is 16.8 Å². The molecule has 2 aromatic carbocycles. The molecule has 3 unspecified atom stereocenters. The van der Waals surface area contributed by atoms with E-state index in [0.717, 1.165) is 4.90 Å². The van der Waals surface area contributed by atoms with Crippen molar-refractivity contribution in [3.8, 4) is 11.6 Å². The maximum absolute atomic E-state index is 13.8. The summed E-state index contributed by atoms with van der Waals surface area (Å²) >= 11 is 1.42. The highest BCUT2D eigenvalue weighted by Crippen LogP contribution is 2.32. The van der Waals surface area contributed by atoms with Gasteiger partial charge in [0.05, 0.1) is 47.9 Å². The zero-order valence-electron chi connectivity index (χ0n) is 20.7. The molecule has 5 rings (SSSR count). The van der Waals surface area contributed by atoms with Crippen molar-refractivity contribution in [3.63, 3.8) is 0 Å². The zero-order chi connectivity index (χ0) is 26.6. The third-order valence-electron chi connectivity index (χ3n) is 6.51. The Balaban J connectivity index is 1.15. The van der Waals surface area contributed by atoms with E-state index in [4.69, 9.17) is 9.47 Å². The van der Waals surface area contributed by atoms with Crippen molar-refractivity contribution in [1.82, 2.24) is 20.2 Å². The number of amides is 2. The molecule has 0 bridgehead atoms. The fourth-order valence-electron chi connectivity index (χ4n) is 4.54. The lowest BCUT2D eigenvalue weighted by Crippen LogP contribution is -2.55. The number of anilines is 1. The molecule has 2 amide bonds. The predicted molar refractivity (Wildman–Crippen MR) is 141 cm³/mol. The van der Waals surface area contributed by atoms with Crippen LogP contribution in [0.5, 0.6) is 11.6 Å². The van der Waals surface area contributed by atoms with Gasteiger partial charge in [0.1, 0.15) is 18.5 Å². The third kappa shape index (κ3) is 5.98. The lowest BCUT2D eigenvalue weighted by molar-refractivity contribution is -0.113. The Morgan fingerprint density at radius 1 is 1.32 bits per heavy atom. The smallest absolute Gasteiger partial charge is 0.251 e. The summed E-state index contributed by atoms with van der Waals surface area (Å²) in [6.07, 6.45) is 0.306. The molecule has 3 heterocycles. The first-order chi connectivity index (χ1) is 18.4. The molecule has 1 fully saturated rings. The fraction of sp³-hybridized carbons (Fsp3) is 0.385. The second-order valence-corrected chi connectivity index (χ2v) is 10.2. The Morgan fingerprint density at radius 3 is 2.97 bits per heavy atom. The van der Waals surface area contributed by atoms with Crippen molar-refractivity contribution in [3.05, 3.63) is 48.2 Å². The first kappa shape index (κ1) is 26.1. The van der Waals surface area contributed by atoms with Gasteiger partial charge in [-0.1, -0.05) is 0 Å². The molecule has 0 spiro atoms. The average molecular weight is 542 g/mol. The van der Waals surface area contributed by atoms with E-state index in [1.54, 1.807) is 43.5 Å². The molecular weight excluding hydrogens is 513 g/mol. The monoisotopic (exact) mass is 541 g/mol. The number of rotatable bonds is 8. The number of aromatic nitrogens is 2. The number of β-amino-alcohol motifs (C(OH)–C–C–N with tert-alkyl or cyclic N) is 1. The number of piperidine rings is 1. The van der Waals surface area contributed by atoms with Gasteiger partial charge in [0, 0.05) is 36.2 Å². The number of halogens is 1. The van der Waals surface area contributed by atoms with Gasteiger partial charge < -0.3 is 25.2 Å². The van der Waals surface area contributed by atoms with Gasteiger partial charge in [-0.25, -0.2) is 14.4 Å². The van der Waals surface area contributed by atoms with Gasteiger partial charge >= 0.3 is 0 Å². The molecule has 0 saturated carbocycles. The lowest BCUT2D eigenvalue weighted by atomic mass is 10.0. The van der Waals surface area contributed by atoms with Crippen molar-refractivity contribution in [2.45, 2.75) is 29.6 Å². The van der Waals surface area contributed by atoms with Gasteiger partial charge in [-0.15, -0.1) is 11.8 Å². The number of aliphatic hydroxyl groups is 1. The van der Waals surface area contributed by atoms with Crippen LogP contribution in [0.4, 0.5) is 10.1 Å². The molecule has 10 nitrogen and oxygen atoms in total. The van der Waals surface area contributed by atoms with Gasteiger partial charge in [0.15, 0.2) is 0 Å². The Labute approximate surface area is 222 Å². The summed E-state index contributed by atoms with van der Waals surface area (Å²) in [6.45, 7) is 0.299. The highest BCUT2D eigenvalue weighted by atomic mass is 32.2. The third-order valence-corrected chi connectivity index (χ3v) is 7.58. The lowest BCUT2D eigenvalue weighted by Gasteiger charge is -2.37. The molecule has 2 aliphatic rings. The van der Waals surface area contributed by atoms with Crippen molar-refractivity contribution >= 4 is 40.3 Å².